The number of benzene rings is 5. The molecule has 0 aromatic heterocycles. The zero-order valence-corrected chi connectivity index (χ0v) is 33.1. The Morgan fingerprint density at radius 2 is 0.897 bits per heavy atom. The van der Waals surface area contributed by atoms with Gasteiger partial charge < -0.3 is 21.3 Å². The van der Waals surface area contributed by atoms with E-state index in [1.165, 1.54) is 38.1 Å². The molecule has 4 N–H and O–H groups in total. The lowest BCUT2D eigenvalue weighted by Crippen LogP contribution is -2.33. The Kier molecular flexibility index (Phi) is 14.1. The highest BCUT2D eigenvalue weighted by atomic mass is 35.5. The second-order valence-electron chi connectivity index (χ2n) is 12.8. The minimum Gasteiger partial charge on any atom is -0.324 e. The Bertz CT molecular complexity index is 2440. The topological polar surface area (TPSA) is 200 Å². The van der Waals surface area contributed by atoms with E-state index < -0.39 is 47.3 Å². The molecule has 16 heteroatoms. The van der Waals surface area contributed by atoms with E-state index in [4.69, 9.17) is 23.2 Å². The smallest absolute Gasteiger partial charge is 0.258 e. The predicted octanol–water partition coefficient (Wildman–Crippen LogP) is 9.47. The van der Waals surface area contributed by atoms with Gasteiger partial charge in [-0.3, -0.25) is 28.8 Å². The number of Topliss-reactive ketones (excluding diaryl/α,β-unsaturated/α-hetero) is 2. The van der Waals surface area contributed by atoms with E-state index in [1.54, 1.807) is 86.6 Å². The average molecular weight is 820 g/mol. The molecule has 0 saturated carbocycles. The molecule has 0 bridgehead atoms. The molecule has 0 aliphatic carbocycles. The number of aryl methyl sites for hydroxylation is 2. The Morgan fingerprint density at radius 3 is 1.29 bits per heavy atom. The van der Waals surface area contributed by atoms with Crippen molar-refractivity contribution in [1.29, 1.82) is 0 Å². The maximum Gasteiger partial charge on any atom is 0.258 e. The summed E-state index contributed by atoms with van der Waals surface area (Å²) < 4.78 is 0. The lowest BCUT2D eigenvalue weighted by molar-refractivity contribution is -0.127. The van der Waals surface area contributed by atoms with Gasteiger partial charge in [0.25, 0.3) is 23.6 Å². The summed E-state index contributed by atoms with van der Waals surface area (Å²) >= 11 is 13.0. The molecule has 0 radical (unpaired) electrons. The molecule has 5 aromatic carbocycles. The number of hydrogen-bond donors (Lipinski definition) is 4. The number of rotatable bonds is 14. The minimum atomic E-state index is -1.56. The molecule has 58 heavy (non-hydrogen) atoms. The van der Waals surface area contributed by atoms with Crippen molar-refractivity contribution in [3.63, 3.8) is 0 Å². The van der Waals surface area contributed by atoms with Gasteiger partial charge in [0.15, 0.2) is 11.6 Å². The third-order valence-electron chi connectivity index (χ3n) is 8.39. The van der Waals surface area contributed by atoms with Crippen LogP contribution in [0.15, 0.2) is 130 Å². The van der Waals surface area contributed by atoms with Crippen molar-refractivity contribution in [2.24, 2.45) is 20.5 Å². The first kappa shape index (κ1) is 42.2. The molecule has 0 fully saturated rings. The van der Waals surface area contributed by atoms with Crippen LogP contribution in [0.5, 0.6) is 0 Å². The highest BCUT2D eigenvalue weighted by molar-refractivity contribution is 6.37. The summed E-state index contributed by atoms with van der Waals surface area (Å²) in [7, 11) is 0. The maximum atomic E-state index is 13.4. The fraction of sp³-hybridized carbons (Fsp3) is 0.143. The van der Waals surface area contributed by atoms with Crippen molar-refractivity contribution in [2.75, 3.05) is 21.3 Å². The number of anilines is 4. The van der Waals surface area contributed by atoms with Crippen molar-refractivity contribution in [1.82, 2.24) is 0 Å². The van der Waals surface area contributed by atoms with Gasteiger partial charge in [-0.05, 0) is 99.5 Å². The summed E-state index contributed by atoms with van der Waals surface area (Å²) in [5, 5.41) is 26.8. The second kappa shape index (κ2) is 19.3. The van der Waals surface area contributed by atoms with E-state index in [2.05, 4.69) is 41.7 Å². The van der Waals surface area contributed by atoms with E-state index in [1.807, 2.05) is 12.1 Å². The Morgan fingerprint density at radius 1 is 0.500 bits per heavy atom. The zero-order chi connectivity index (χ0) is 41.9. The highest BCUT2D eigenvalue weighted by Crippen LogP contribution is 2.32. The third kappa shape index (κ3) is 10.7. The summed E-state index contributed by atoms with van der Waals surface area (Å²) in [5.74, 6) is -3.77. The van der Waals surface area contributed by atoms with Crippen molar-refractivity contribution >= 4 is 92.5 Å². The molecule has 4 amide bonds. The maximum absolute atomic E-state index is 13.4. The molecular formula is C42H36Cl2N8O6. The van der Waals surface area contributed by atoms with Crippen LogP contribution in [0.2, 0.25) is 10.0 Å². The summed E-state index contributed by atoms with van der Waals surface area (Å²) in [4.78, 5) is 77.5. The number of hydrogen-bond acceptors (Lipinski definition) is 10. The van der Waals surface area contributed by atoms with Crippen LogP contribution in [-0.4, -0.2) is 47.3 Å². The van der Waals surface area contributed by atoms with Crippen LogP contribution < -0.4 is 21.3 Å². The van der Waals surface area contributed by atoms with E-state index in [0.29, 0.717) is 28.2 Å². The summed E-state index contributed by atoms with van der Waals surface area (Å²) in [6.07, 6.45) is 0. The number of nitrogens with zero attached hydrogens (tertiary/aromatic N) is 4. The Balaban J connectivity index is 1.26. The zero-order valence-electron chi connectivity index (χ0n) is 31.5. The summed E-state index contributed by atoms with van der Waals surface area (Å²) in [6, 6.07) is 26.6. The van der Waals surface area contributed by atoms with Gasteiger partial charge in [0.05, 0.1) is 21.2 Å². The molecule has 2 atom stereocenters. The van der Waals surface area contributed by atoms with Gasteiger partial charge in [0.1, 0.15) is 11.4 Å². The Labute approximate surface area is 343 Å². The molecular weight excluding hydrogens is 783 g/mol. The van der Waals surface area contributed by atoms with Crippen molar-refractivity contribution < 1.29 is 28.8 Å². The molecule has 294 valence electrons. The number of nitrogens with one attached hydrogen (secondary N) is 4. The van der Waals surface area contributed by atoms with Gasteiger partial charge in [0.2, 0.25) is 12.1 Å². The van der Waals surface area contributed by atoms with Crippen LogP contribution in [-0.2, 0) is 19.2 Å². The standard InChI is InChI=1S/C42H36Cl2N8O6/c1-23-21-29(47-41(57)37(25(3)53)51-49-32-19-11-17-30(34(32)43)39(55)45-27-13-7-5-8-14-27)22-24(2)36(23)48-42(58)38(26(4)54)52-50-33-20-12-18-31(35(33)44)40(56)46-28-15-9-6-10-16-28/h5-22,37-38H,1-4H3,(H,45,55)(H,46,56)(H,47,57)(H,48,58). The average Bonchev–Trinajstić information content (AvgIpc) is 3.18. The fourth-order valence-corrected chi connectivity index (χ4v) is 6.00. The number of carbonyl (C=O) groups is 6. The third-order valence-corrected chi connectivity index (χ3v) is 9.18. The summed E-state index contributed by atoms with van der Waals surface area (Å²) in [6.45, 7) is 5.70. The highest BCUT2D eigenvalue weighted by Gasteiger charge is 2.27. The molecule has 0 saturated heterocycles. The fourth-order valence-electron chi connectivity index (χ4n) is 5.50. The lowest BCUT2D eigenvalue weighted by Gasteiger charge is -2.17. The van der Waals surface area contributed by atoms with E-state index in [-0.39, 0.29) is 38.2 Å². The first-order valence-corrected chi connectivity index (χ1v) is 18.3. The first-order valence-electron chi connectivity index (χ1n) is 17.6. The summed E-state index contributed by atoms with van der Waals surface area (Å²) in [5.41, 5.74) is 3.11. The van der Waals surface area contributed by atoms with E-state index in [9.17, 15) is 28.8 Å². The second-order valence-corrected chi connectivity index (χ2v) is 13.6. The van der Waals surface area contributed by atoms with Crippen LogP contribution in [0.3, 0.4) is 0 Å². The van der Waals surface area contributed by atoms with Gasteiger partial charge in [-0.15, -0.1) is 0 Å². The number of carbonyl (C=O) groups excluding carboxylic acids is 6. The first-order chi connectivity index (χ1) is 27.7. The van der Waals surface area contributed by atoms with E-state index >= 15 is 0 Å². The van der Waals surface area contributed by atoms with Crippen LogP contribution in [0.25, 0.3) is 0 Å². The van der Waals surface area contributed by atoms with Crippen molar-refractivity contribution in [3.8, 4) is 0 Å². The van der Waals surface area contributed by atoms with Gasteiger partial charge in [0, 0.05) is 22.7 Å². The van der Waals surface area contributed by atoms with Crippen LogP contribution >= 0.6 is 23.2 Å². The molecule has 5 aromatic rings. The molecule has 14 nitrogen and oxygen atoms in total. The number of ketones is 2. The van der Waals surface area contributed by atoms with Gasteiger partial charge in [-0.25, -0.2) is 0 Å². The molecule has 2 unspecified atom stereocenters. The van der Waals surface area contributed by atoms with Crippen molar-refractivity contribution in [2.45, 2.75) is 39.8 Å². The van der Waals surface area contributed by atoms with Crippen LogP contribution in [0.1, 0.15) is 45.7 Å². The largest absolute Gasteiger partial charge is 0.324 e. The number of para-hydroxylation sites is 2. The molecule has 0 spiro atoms. The normalized spacial score (nSPS) is 12.1. The minimum absolute atomic E-state index is 0.0261. The molecule has 0 aliphatic heterocycles. The van der Waals surface area contributed by atoms with Gasteiger partial charge in [-0.2, -0.15) is 20.5 Å². The molecule has 0 heterocycles. The molecule has 5 rings (SSSR count). The quantitative estimate of drug-likeness (QED) is 0.0635. The Hall–Kier alpha value is -6.90. The van der Waals surface area contributed by atoms with Gasteiger partial charge >= 0.3 is 0 Å². The lowest BCUT2D eigenvalue weighted by atomic mass is 10.1. The number of azo groups is 2. The van der Waals surface area contributed by atoms with Crippen LogP contribution in [0, 0.1) is 13.8 Å². The van der Waals surface area contributed by atoms with E-state index in [0.717, 1.165) is 0 Å². The monoisotopic (exact) mass is 818 g/mol. The number of halogens is 2. The SMILES string of the molecule is CC(=O)C(N=Nc1cccc(C(=O)Nc2ccccc2)c1Cl)C(=O)Nc1cc(C)c(NC(=O)C(N=Nc2cccc(C(=O)Nc3ccccc3)c2Cl)C(C)=O)c(C)c1. The predicted molar refractivity (Wildman–Crippen MR) is 223 cm³/mol. The van der Waals surface area contributed by atoms with Gasteiger partial charge in [-0.1, -0.05) is 71.7 Å². The van der Waals surface area contributed by atoms with Crippen molar-refractivity contribution in [3.05, 3.63) is 141 Å². The van der Waals surface area contributed by atoms with Crippen LogP contribution in [0.4, 0.5) is 34.1 Å². The molecule has 0 aliphatic rings. The number of amides is 4.